The Morgan fingerprint density at radius 3 is 2.76 bits per heavy atom. The number of rotatable bonds is 3. The first-order chi connectivity index (χ1) is 8.15. The summed E-state index contributed by atoms with van der Waals surface area (Å²) < 4.78 is 5.36. The minimum atomic E-state index is -0.506. The van der Waals surface area contributed by atoms with Gasteiger partial charge in [-0.2, -0.15) is 0 Å². The lowest BCUT2D eigenvalue weighted by Crippen LogP contribution is -2.27. The Labute approximate surface area is 103 Å². The zero-order valence-electron chi connectivity index (χ0n) is 10.8. The minimum absolute atomic E-state index is 0.506. The first-order valence-corrected chi connectivity index (χ1v) is 6.26. The van der Waals surface area contributed by atoms with Gasteiger partial charge in [0.15, 0.2) is 0 Å². The van der Waals surface area contributed by atoms with Crippen LogP contribution in [0.15, 0.2) is 18.2 Å². The van der Waals surface area contributed by atoms with Gasteiger partial charge in [0.05, 0.1) is 13.2 Å². The van der Waals surface area contributed by atoms with Crippen molar-refractivity contribution in [2.24, 2.45) is 0 Å². The fourth-order valence-electron chi connectivity index (χ4n) is 2.67. The van der Waals surface area contributed by atoms with Gasteiger partial charge in [0.25, 0.3) is 0 Å². The summed E-state index contributed by atoms with van der Waals surface area (Å²) in [5, 5.41) is 9.96. The Hall–Kier alpha value is -1.22. The van der Waals surface area contributed by atoms with Crippen LogP contribution in [-0.4, -0.2) is 24.8 Å². The largest absolute Gasteiger partial charge is 0.496 e. The van der Waals surface area contributed by atoms with Crippen molar-refractivity contribution >= 4 is 5.69 Å². The number of benzene rings is 1. The van der Waals surface area contributed by atoms with Gasteiger partial charge < -0.3 is 14.7 Å². The third-order valence-electron chi connectivity index (χ3n) is 3.54. The molecule has 1 aromatic carbocycles. The fourth-order valence-corrected chi connectivity index (χ4v) is 2.67. The summed E-state index contributed by atoms with van der Waals surface area (Å²) >= 11 is 0. The topological polar surface area (TPSA) is 32.7 Å². The van der Waals surface area contributed by atoms with Crippen LogP contribution in [0.5, 0.6) is 5.75 Å². The van der Waals surface area contributed by atoms with Gasteiger partial charge in [0.1, 0.15) is 5.75 Å². The van der Waals surface area contributed by atoms with E-state index in [1.807, 2.05) is 12.1 Å². The predicted octanol–water partition coefficient (Wildman–Crippen LogP) is 2.74. The van der Waals surface area contributed by atoms with Gasteiger partial charge in [-0.15, -0.1) is 0 Å². The molecule has 1 fully saturated rings. The molecular formula is C14H21NO2. The number of aliphatic hydroxyl groups excluding tert-OH is 1. The van der Waals surface area contributed by atoms with Gasteiger partial charge in [-0.1, -0.05) is 6.07 Å². The molecule has 1 aliphatic rings. The maximum atomic E-state index is 9.96. The van der Waals surface area contributed by atoms with Crippen molar-refractivity contribution in [3.63, 3.8) is 0 Å². The number of ether oxygens (including phenoxy) is 1. The molecule has 1 heterocycles. The van der Waals surface area contributed by atoms with Gasteiger partial charge >= 0.3 is 0 Å². The smallest absolute Gasteiger partial charge is 0.126 e. The number of hydrogen-bond acceptors (Lipinski definition) is 3. The summed E-state index contributed by atoms with van der Waals surface area (Å²) in [7, 11) is 1.65. The highest BCUT2D eigenvalue weighted by Crippen LogP contribution is 2.37. The van der Waals surface area contributed by atoms with E-state index in [0.29, 0.717) is 6.04 Å². The van der Waals surface area contributed by atoms with Crippen LogP contribution in [0.2, 0.25) is 0 Å². The van der Waals surface area contributed by atoms with Crippen molar-refractivity contribution in [1.29, 1.82) is 0 Å². The number of hydrogen-bond donors (Lipinski definition) is 1. The maximum Gasteiger partial charge on any atom is 0.126 e. The SMILES string of the molecule is COc1cccc(N2CCCC2C)c1[C@@H](C)O. The number of aliphatic hydroxyl groups is 1. The molecule has 0 aromatic heterocycles. The monoisotopic (exact) mass is 235 g/mol. The summed E-state index contributed by atoms with van der Waals surface area (Å²) in [6.07, 6.45) is 1.93. The summed E-state index contributed by atoms with van der Waals surface area (Å²) in [6, 6.07) is 6.52. The highest BCUT2D eigenvalue weighted by atomic mass is 16.5. The summed E-state index contributed by atoms with van der Waals surface area (Å²) in [5.74, 6) is 0.775. The predicted molar refractivity (Wildman–Crippen MR) is 69.7 cm³/mol. The first kappa shape index (κ1) is 12.2. The minimum Gasteiger partial charge on any atom is -0.496 e. The molecule has 2 rings (SSSR count). The molecule has 0 saturated carbocycles. The third kappa shape index (κ3) is 2.25. The Kier molecular flexibility index (Phi) is 3.57. The van der Waals surface area contributed by atoms with Crippen molar-refractivity contribution in [2.45, 2.75) is 38.8 Å². The van der Waals surface area contributed by atoms with Crippen LogP contribution in [0.4, 0.5) is 5.69 Å². The molecule has 2 atom stereocenters. The fraction of sp³-hybridized carbons (Fsp3) is 0.571. The second kappa shape index (κ2) is 4.96. The molecule has 0 amide bonds. The van der Waals surface area contributed by atoms with Crippen molar-refractivity contribution in [3.05, 3.63) is 23.8 Å². The molecule has 17 heavy (non-hydrogen) atoms. The molecule has 0 spiro atoms. The molecule has 3 heteroatoms. The number of methoxy groups -OCH3 is 1. The van der Waals surface area contributed by atoms with Crippen LogP contribution >= 0.6 is 0 Å². The van der Waals surface area contributed by atoms with Gasteiger partial charge in [-0.05, 0) is 38.8 Å². The third-order valence-corrected chi connectivity index (χ3v) is 3.54. The van der Waals surface area contributed by atoms with Gasteiger partial charge in [0.2, 0.25) is 0 Å². The number of nitrogens with zero attached hydrogens (tertiary/aromatic N) is 1. The van der Waals surface area contributed by atoms with E-state index in [2.05, 4.69) is 17.9 Å². The van der Waals surface area contributed by atoms with Crippen LogP contribution < -0.4 is 9.64 Å². The Balaban J connectivity index is 2.45. The molecule has 1 aliphatic heterocycles. The van der Waals surface area contributed by atoms with Crippen LogP contribution in [0.3, 0.4) is 0 Å². The average Bonchev–Trinajstić information content (AvgIpc) is 2.74. The first-order valence-electron chi connectivity index (χ1n) is 6.26. The molecule has 1 unspecified atom stereocenters. The van der Waals surface area contributed by atoms with Crippen LogP contribution in [0.1, 0.15) is 38.4 Å². The average molecular weight is 235 g/mol. The Bertz CT molecular complexity index is 390. The molecule has 1 aromatic rings. The van der Waals surface area contributed by atoms with Crippen molar-refractivity contribution in [2.75, 3.05) is 18.6 Å². The van der Waals surface area contributed by atoms with Crippen LogP contribution in [-0.2, 0) is 0 Å². The van der Waals surface area contributed by atoms with Crippen LogP contribution in [0, 0.1) is 0 Å². The van der Waals surface area contributed by atoms with Crippen molar-refractivity contribution < 1.29 is 9.84 Å². The van der Waals surface area contributed by atoms with Gasteiger partial charge in [-0.3, -0.25) is 0 Å². The molecule has 94 valence electrons. The molecule has 0 bridgehead atoms. The molecule has 0 aliphatic carbocycles. The van der Waals surface area contributed by atoms with Crippen molar-refractivity contribution in [1.82, 2.24) is 0 Å². The zero-order chi connectivity index (χ0) is 12.4. The molecule has 3 nitrogen and oxygen atoms in total. The lowest BCUT2D eigenvalue weighted by Gasteiger charge is -2.28. The lowest BCUT2D eigenvalue weighted by molar-refractivity contribution is 0.194. The normalized spacial score (nSPS) is 21.6. The quantitative estimate of drug-likeness (QED) is 0.874. The second-order valence-corrected chi connectivity index (χ2v) is 4.75. The van der Waals surface area contributed by atoms with E-state index in [1.165, 1.54) is 12.8 Å². The summed E-state index contributed by atoms with van der Waals surface area (Å²) in [5.41, 5.74) is 2.02. The molecule has 1 saturated heterocycles. The van der Waals surface area contributed by atoms with Gasteiger partial charge in [-0.25, -0.2) is 0 Å². The van der Waals surface area contributed by atoms with E-state index in [9.17, 15) is 5.11 Å². The summed E-state index contributed by atoms with van der Waals surface area (Å²) in [6.45, 7) is 5.09. The molecule has 1 N–H and O–H groups in total. The second-order valence-electron chi connectivity index (χ2n) is 4.75. The van der Waals surface area contributed by atoms with E-state index >= 15 is 0 Å². The highest BCUT2D eigenvalue weighted by Gasteiger charge is 2.25. The maximum absolute atomic E-state index is 9.96. The van der Waals surface area contributed by atoms with E-state index in [-0.39, 0.29) is 0 Å². The van der Waals surface area contributed by atoms with Gasteiger partial charge in [0, 0.05) is 23.8 Å². The van der Waals surface area contributed by atoms with E-state index < -0.39 is 6.10 Å². The highest BCUT2D eigenvalue weighted by molar-refractivity contribution is 5.61. The van der Waals surface area contributed by atoms with Crippen LogP contribution in [0.25, 0.3) is 0 Å². The Morgan fingerprint density at radius 1 is 1.47 bits per heavy atom. The lowest BCUT2D eigenvalue weighted by atomic mass is 10.1. The summed E-state index contributed by atoms with van der Waals surface area (Å²) in [4.78, 5) is 2.37. The van der Waals surface area contributed by atoms with Crippen molar-refractivity contribution in [3.8, 4) is 5.75 Å². The van der Waals surface area contributed by atoms with E-state index in [4.69, 9.17) is 4.74 Å². The number of anilines is 1. The molecular weight excluding hydrogens is 214 g/mol. The van der Waals surface area contributed by atoms with E-state index in [0.717, 1.165) is 23.5 Å². The standard InChI is InChI=1S/C14H21NO2/c1-10-6-5-9-15(10)12-7-4-8-13(17-3)14(12)11(2)16/h4,7-8,10-11,16H,5-6,9H2,1-3H3/t10?,11-/m1/s1. The Morgan fingerprint density at radius 2 is 2.24 bits per heavy atom. The zero-order valence-corrected chi connectivity index (χ0v) is 10.8. The molecule has 0 radical (unpaired) electrons. The van der Waals surface area contributed by atoms with E-state index in [1.54, 1.807) is 14.0 Å².